The summed E-state index contributed by atoms with van der Waals surface area (Å²) in [5, 5.41) is 19.9. The first-order valence-electron chi connectivity index (χ1n) is 9.87. The molecule has 0 radical (unpaired) electrons. The fraction of sp³-hybridized carbons (Fsp3) is 0.273. The molecule has 1 amide bonds. The number of fused-ring (bicyclic) bond motifs is 1. The predicted octanol–water partition coefficient (Wildman–Crippen LogP) is 2.69. The third-order valence-electron chi connectivity index (χ3n) is 5.19. The van der Waals surface area contributed by atoms with Gasteiger partial charge in [-0.2, -0.15) is 10.1 Å². The number of nitrogens with zero attached hydrogens (tertiary/aromatic N) is 4. The molecule has 2 aromatic heterocycles. The number of benzene rings is 1. The van der Waals surface area contributed by atoms with Gasteiger partial charge in [-0.1, -0.05) is 24.8 Å². The Morgan fingerprint density at radius 3 is 2.77 bits per heavy atom. The van der Waals surface area contributed by atoms with Crippen LogP contribution in [0.3, 0.4) is 0 Å². The third-order valence-corrected chi connectivity index (χ3v) is 5.19. The van der Waals surface area contributed by atoms with Gasteiger partial charge in [0.05, 0.1) is 6.04 Å². The fourth-order valence-electron chi connectivity index (χ4n) is 3.66. The molecular formula is C22H24N6O2. The molecule has 1 aliphatic rings. The minimum atomic E-state index is -0.605. The van der Waals surface area contributed by atoms with Crippen molar-refractivity contribution in [2.45, 2.75) is 25.8 Å². The van der Waals surface area contributed by atoms with Gasteiger partial charge in [0.2, 0.25) is 11.9 Å². The monoisotopic (exact) mass is 404 g/mol. The summed E-state index contributed by atoms with van der Waals surface area (Å²) in [7, 11) is 0. The summed E-state index contributed by atoms with van der Waals surface area (Å²) in [6.45, 7) is 6.14. The number of carbonyl (C=O) groups excluding carboxylic acids is 1. The summed E-state index contributed by atoms with van der Waals surface area (Å²) in [6, 6.07) is 11.0. The van der Waals surface area contributed by atoms with E-state index < -0.39 is 12.0 Å². The first-order chi connectivity index (χ1) is 14.6. The number of aliphatic hydroxyl groups excluding tert-OH is 1. The van der Waals surface area contributed by atoms with Gasteiger partial charge in [0, 0.05) is 36.8 Å². The largest absolute Gasteiger partial charge is 0.396 e. The van der Waals surface area contributed by atoms with Crippen LogP contribution in [-0.4, -0.2) is 37.4 Å². The van der Waals surface area contributed by atoms with Crippen molar-refractivity contribution in [3.05, 3.63) is 78.0 Å². The second kappa shape index (κ2) is 8.46. The van der Waals surface area contributed by atoms with Crippen molar-refractivity contribution in [2.24, 2.45) is 5.92 Å². The summed E-state index contributed by atoms with van der Waals surface area (Å²) >= 11 is 0. The number of hydrogen-bond donors (Lipinski definition) is 3. The van der Waals surface area contributed by atoms with E-state index in [1.54, 1.807) is 17.1 Å². The average Bonchev–Trinajstić information content (AvgIpc) is 3.15. The average molecular weight is 404 g/mol. The van der Waals surface area contributed by atoms with Gasteiger partial charge in [-0.15, -0.1) is 0 Å². The van der Waals surface area contributed by atoms with Crippen LogP contribution in [0.2, 0.25) is 0 Å². The molecule has 8 nitrogen and oxygen atoms in total. The Morgan fingerprint density at radius 2 is 2.03 bits per heavy atom. The van der Waals surface area contributed by atoms with Crippen molar-refractivity contribution < 1.29 is 9.90 Å². The number of aryl methyl sites for hydroxylation is 2. The number of rotatable bonds is 6. The predicted molar refractivity (Wildman–Crippen MR) is 114 cm³/mol. The van der Waals surface area contributed by atoms with E-state index in [9.17, 15) is 4.79 Å². The number of aromatic nitrogens is 4. The first-order valence-corrected chi connectivity index (χ1v) is 9.87. The quantitative estimate of drug-likeness (QED) is 0.583. The molecule has 3 N–H and O–H groups in total. The number of pyridine rings is 1. The molecule has 30 heavy (non-hydrogen) atoms. The molecule has 0 saturated carbocycles. The Hall–Kier alpha value is -3.52. The molecule has 8 heteroatoms. The van der Waals surface area contributed by atoms with Gasteiger partial charge in [-0.25, -0.2) is 4.68 Å². The van der Waals surface area contributed by atoms with Gasteiger partial charge in [0.25, 0.3) is 0 Å². The van der Waals surface area contributed by atoms with Crippen molar-refractivity contribution in [1.82, 2.24) is 19.7 Å². The Labute approximate surface area is 174 Å². The van der Waals surface area contributed by atoms with Crippen LogP contribution in [0.25, 0.3) is 0 Å². The molecule has 3 aromatic rings. The van der Waals surface area contributed by atoms with Crippen LogP contribution in [0.1, 0.15) is 29.4 Å². The molecular weight excluding hydrogens is 380 g/mol. The molecule has 0 aliphatic carbocycles. The number of para-hydroxylation sites is 1. The standard InChI is InChI=1S/C22H24N6O2/c1-14-6-3-4-7-17(14)25-21(30)19-15(2)24-22-26-18(8-5-13-29)27-28(22)20(19)16-9-11-23-12-10-16/h3-4,6-7,9-12,19-20,29H,2,5,8,13H2,1H3,(H,25,30)(H,24,26,27)/t19-,20+/m1/s1. The van der Waals surface area contributed by atoms with E-state index in [1.165, 1.54) is 0 Å². The minimum absolute atomic E-state index is 0.0687. The smallest absolute Gasteiger partial charge is 0.235 e. The van der Waals surface area contributed by atoms with Gasteiger partial charge < -0.3 is 15.7 Å². The zero-order valence-electron chi connectivity index (χ0n) is 16.7. The number of amides is 1. The van der Waals surface area contributed by atoms with E-state index >= 15 is 0 Å². The van der Waals surface area contributed by atoms with Crippen molar-refractivity contribution >= 4 is 17.5 Å². The molecule has 0 fully saturated rings. The molecule has 0 unspecified atom stereocenters. The van der Waals surface area contributed by atoms with Crippen LogP contribution in [0.15, 0.2) is 61.1 Å². The van der Waals surface area contributed by atoms with Gasteiger partial charge in [-0.05, 0) is 42.7 Å². The highest BCUT2D eigenvalue weighted by molar-refractivity contribution is 5.96. The summed E-state index contributed by atoms with van der Waals surface area (Å²) in [6.07, 6.45) is 4.51. The van der Waals surface area contributed by atoms with E-state index in [4.69, 9.17) is 5.11 Å². The first kappa shape index (κ1) is 19.8. The van der Waals surface area contributed by atoms with Crippen LogP contribution >= 0.6 is 0 Å². The van der Waals surface area contributed by atoms with Gasteiger partial charge >= 0.3 is 0 Å². The van der Waals surface area contributed by atoms with Crippen LogP contribution < -0.4 is 10.6 Å². The van der Waals surface area contributed by atoms with E-state index in [0.29, 0.717) is 30.3 Å². The van der Waals surface area contributed by atoms with Crippen LogP contribution in [0.4, 0.5) is 11.6 Å². The number of carbonyl (C=O) groups is 1. The van der Waals surface area contributed by atoms with E-state index in [0.717, 1.165) is 16.8 Å². The van der Waals surface area contributed by atoms with Crippen molar-refractivity contribution in [1.29, 1.82) is 0 Å². The highest BCUT2D eigenvalue weighted by Crippen LogP contribution is 2.38. The molecule has 0 saturated heterocycles. The second-order valence-corrected chi connectivity index (χ2v) is 7.28. The number of aliphatic hydroxyl groups is 1. The third kappa shape index (κ3) is 3.81. The van der Waals surface area contributed by atoms with Crippen LogP contribution in [0.5, 0.6) is 0 Å². The van der Waals surface area contributed by atoms with E-state index in [-0.39, 0.29) is 12.5 Å². The Morgan fingerprint density at radius 1 is 1.27 bits per heavy atom. The maximum Gasteiger partial charge on any atom is 0.235 e. The summed E-state index contributed by atoms with van der Waals surface area (Å²) in [4.78, 5) is 22.0. The molecule has 0 bridgehead atoms. The lowest BCUT2D eigenvalue weighted by Crippen LogP contribution is -2.39. The summed E-state index contributed by atoms with van der Waals surface area (Å²) in [5.41, 5.74) is 3.18. The maximum atomic E-state index is 13.4. The molecule has 0 spiro atoms. The normalized spacial score (nSPS) is 17.9. The van der Waals surface area contributed by atoms with Crippen molar-refractivity contribution in [3.63, 3.8) is 0 Å². The number of nitrogens with one attached hydrogen (secondary N) is 2. The van der Waals surface area contributed by atoms with Gasteiger partial charge in [0.15, 0.2) is 5.82 Å². The maximum absolute atomic E-state index is 13.4. The number of hydrogen-bond acceptors (Lipinski definition) is 6. The van der Waals surface area contributed by atoms with Crippen LogP contribution in [0, 0.1) is 12.8 Å². The molecule has 1 aliphatic heterocycles. The summed E-state index contributed by atoms with van der Waals surface area (Å²) < 4.78 is 1.73. The van der Waals surface area contributed by atoms with E-state index in [1.807, 2.05) is 43.3 Å². The molecule has 4 rings (SSSR count). The molecule has 2 atom stereocenters. The highest BCUT2D eigenvalue weighted by atomic mass is 16.3. The number of anilines is 2. The van der Waals surface area contributed by atoms with Crippen molar-refractivity contribution in [2.75, 3.05) is 17.2 Å². The molecule has 1 aromatic carbocycles. The van der Waals surface area contributed by atoms with Gasteiger partial charge in [0.1, 0.15) is 5.92 Å². The zero-order chi connectivity index (χ0) is 21.1. The van der Waals surface area contributed by atoms with Crippen molar-refractivity contribution in [3.8, 4) is 0 Å². The topological polar surface area (TPSA) is 105 Å². The molecule has 3 heterocycles. The fourth-order valence-corrected chi connectivity index (χ4v) is 3.66. The Bertz CT molecular complexity index is 1060. The lowest BCUT2D eigenvalue weighted by Gasteiger charge is -2.33. The molecule has 154 valence electrons. The Kier molecular flexibility index (Phi) is 5.58. The highest BCUT2D eigenvalue weighted by Gasteiger charge is 2.40. The van der Waals surface area contributed by atoms with Gasteiger partial charge in [-0.3, -0.25) is 9.78 Å². The zero-order valence-corrected chi connectivity index (χ0v) is 16.7. The summed E-state index contributed by atoms with van der Waals surface area (Å²) in [5.74, 6) is 0.363. The minimum Gasteiger partial charge on any atom is -0.396 e. The SMILES string of the molecule is C=C1Nc2nc(CCCO)nn2[C@@H](c2ccncc2)[C@@H]1C(=O)Nc1ccccc1C. The van der Waals surface area contributed by atoms with E-state index in [2.05, 4.69) is 32.3 Å². The lowest BCUT2D eigenvalue weighted by atomic mass is 9.89. The Balaban J connectivity index is 1.73. The van der Waals surface area contributed by atoms with Crippen LogP contribution in [-0.2, 0) is 11.2 Å². The lowest BCUT2D eigenvalue weighted by molar-refractivity contribution is -0.119. The second-order valence-electron chi connectivity index (χ2n) is 7.28.